The maximum absolute atomic E-state index is 4.46. The SMILES string of the molecule is CN1CCN(c2ccc3cn(C)nc3c2)CC1. The Hall–Kier alpha value is -1.55. The molecular weight excluding hydrogens is 212 g/mol. The molecule has 0 unspecified atom stereocenters. The van der Waals surface area contributed by atoms with Crippen molar-refractivity contribution < 1.29 is 0 Å². The van der Waals surface area contributed by atoms with Crippen molar-refractivity contribution in [2.24, 2.45) is 7.05 Å². The third-order valence-electron chi connectivity index (χ3n) is 3.47. The van der Waals surface area contributed by atoms with Gasteiger partial charge in [-0.15, -0.1) is 0 Å². The van der Waals surface area contributed by atoms with Gasteiger partial charge in [0.1, 0.15) is 0 Å². The smallest absolute Gasteiger partial charge is 0.0943 e. The van der Waals surface area contributed by atoms with Crippen LogP contribution in [0.3, 0.4) is 0 Å². The van der Waals surface area contributed by atoms with E-state index in [-0.39, 0.29) is 0 Å². The molecule has 0 atom stereocenters. The Morgan fingerprint density at radius 3 is 2.59 bits per heavy atom. The Morgan fingerprint density at radius 2 is 1.82 bits per heavy atom. The van der Waals surface area contributed by atoms with Crippen LogP contribution in [0.2, 0.25) is 0 Å². The average Bonchev–Trinajstić information content (AvgIpc) is 2.69. The summed E-state index contributed by atoms with van der Waals surface area (Å²) in [4.78, 5) is 4.81. The lowest BCUT2D eigenvalue weighted by molar-refractivity contribution is 0.313. The molecule has 1 aromatic carbocycles. The summed E-state index contributed by atoms with van der Waals surface area (Å²) < 4.78 is 1.87. The van der Waals surface area contributed by atoms with Crippen molar-refractivity contribution in [1.29, 1.82) is 0 Å². The van der Waals surface area contributed by atoms with Gasteiger partial charge >= 0.3 is 0 Å². The first-order chi connectivity index (χ1) is 8.22. The van der Waals surface area contributed by atoms with Gasteiger partial charge in [-0.25, -0.2) is 0 Å². The lowest BCUT2D eigenvalue weighted by Crippen LogP contribution is -2.44. The average molecular weight is 230 g/mol. The van der Waals surface area contributed by atoms with Crippen LogP contribution < -0.4 is 4.90 Å². The van der Waals surface area contributed by atoms with Crippen LogP contribution >= 0.6 is 0 Å². The van der Waals surface area contributed by atoms with Crippen LogP contribution in [-0.4, -0.2) is 47.9 Å². The fourth-order valence-corrected chi connectivity index (χ4v) is 2.39. The van der Waals surface area contributed by atoms with E-state index in [4.69, 9.17) is 0 Å². The van der Waals surface area contributed by atoms with E-state index >= 15 is 0 Å². The normalized spacial score (nSPS) is 17.9. The molecule has 0 spiro atoms. The molecular formula is C13H18N4. The largest absolute Gasteiger partial charge is 0.369 e. The first-order valence-electron chi connectivity index (χ1n) is 6.09. The van der Waals surface area contributed by atoms with Crippen molar-refractivity contribution in [1.82, 2.24) is 14.7 Å². The first kappa shape index (κ1) is 10.6. The Bertz CT molecular complexity index is 523. The van der Waals surface area contributed by atoms with Crippen molar-refractivity contribution in [2.75, 3.05) is 38.1 Å². The zero-order chi connectivity index (χ0) is 11.8. The molecule has 0 aliphatic carbocycles. The topological polar surface area (TPSA) is 24.3 Å². The zero-order valence-corrected chi connectivity index (χ0v) is 10.4. The first-order valence-corrected chi connectivity index (χ1v) is 6.09. The maximum Gasteiger partial charge on any atom is 0.0943 e. The second-order valence-corrected chi connectivity index (χ2v) is 4.84. The van der Waals surface area contributed by atoms with E-state index in [0.717, 1.165) is 31.7 Å². The van der Waals surface area contributed by atoms with Crippen molar-refractivity contribution in [3.05, 3.63) is 24.4 Å². The van der Waals surface area contributed by atoms with Gasteiger partial charge in [0.25, 0.3) is 0 Å². The number of piperazine rings is 1. The number of rotatable bonds is 1. The summed E-state index contributed by atoms with van der Waals surface area (Å²) in [6, 6.07) is 6.56. The molecule has 1 saturated heterocycles. The molecule has 17 heavy (non-hydrogen) atoms. The molecule has 0 radical (unpaired) electrons. The molecule has 1 aliphatic rings. The van der Waals surface area contributed by atoms with E-state index in [9.17, 15) is 0 Å². The van der Waals surface area contributed by atoms with Gasteiger partial charge in [0.15, 0.2) is 0 Å². The van der Waals surface area contributed by atoms with E-state index in [1.165, 1.54) is 11.1 Å². The number of fused-ring (bicyclic) bond motifs is 1. The molecule has 0 saturated carbocycles. The summed E-state index contributed by atoms with van der Waals surface area (Å²) in [7, 11) is 4.15. The highest BCUT2D eigenvalue weighted by Gasteiger charge is 2.14. The van der Waals surface area contributed by atoms with Gasteiger partial charge < -0.3 is 9.80 Å². The van der Waals surface area contributed by atoms with Crippen LogP contribution in [0.4, 0.5) is 5.69 Å². The third kappa shape index (κ3) is 2.00. The van der Waals surface area contributed by atoms with Gasteiger partial charge in [-0.3, -0.25) is 4.68 Å². The van der Waals surface area contributed by atoms with Gasteiger partial charge in [0, 0.05) is 50.5 Å². The van der Waals surface area contributed by atoms with Crippen molar-refractivity contribution in [2.45, 2.75) is 0 Å². The second-order valence-electron chi connectivity index (χ2n) is 4.84. The number of nitrogens with zero attached hydrogens (tertiary/aromatic N) is 4. The number of hydrogen-bond donors (Lipinski definition) is 0. The number of hydrogen-bond acceptors (Lipinski definition) is 3. The molecule has 1 aromatic heterocycles. The molecule has 3 rings (SSSR count). The quantitative estimate of drug-likeness (QED) is 0.738. The molecule has 0 bridgehead atoms. The molecule has 1 fully saturated rings. The number of aromatic nitrogens is 2. The third-order valence-corrected chi connectivity index (χ3v) is 3.47. The van der Waals surface area contributed by atoms with E-state index in [2.05, 4.69) is 46.3 Å². The van der Waals surface area contributed by atoms with Crippen LogP contribution in [0.5, 0.6) is 0 Å². The monoisotopic (exact) mass is 230 g/mol. The standard InChI is InChI=1S/C13H18N4/c1-15-5-7-17(8-6-15)12-4-3-11-10-16(2)14-13(11)9-12/h3-4,9-10H,5-8H2,1-2H3. The van der Waals surface area contributed by atoms with Crippen molar-refractivity contribution >= 4 is 16.6 Å². The molecule has 0 amide bonds. The van der Waals surface area contributed by atoms with Gasteiger partial charge in [0.05, 0.1) is 5.52 Å². The lowest BCUT2D eigenvalue weighted by Gasteiger charge is -2.34. The summed E-state index contributed by atoms with van der Waals surface area (Å²) in [5, 5.41) is 5.68. The minimum absolute atomic E-state index is 1.09. The summed E-state index contributed by atoms with van der Waals surface area (Å²) in [6.07, 6.45) is 2.06. The highest BCUT2D eigenvalue weighted by atomic mass is 15.3. The van der Waals surface area contributed by atoms with Crippen LogP contribution in [-0.2, 0) is 7.05 Å². The Labute approximate surface area is 101 Å². The van der Waals surface area contributed by atoms with E-state index < -0.39 is 0 Å². The van der Waals surface area contributed by atoms with Crippen molar-refractivity contribution in [3.63, 3.8) is 0 Å². The number of likely N-dealkylation sites (N-methyl/N-ethyl adjacent to an activating group) is 1. The van der Waals surface area contributed by atoms with Gasteiger partial charge in [-0.2, -0.15) is 5.10 Å². The fourth-order valence-electron chi connectivity index (χ4n) is 2.39. The van der Waals surface area contributed by atoms with E-state index in [1.807, 2.05) is 11.7 Å². The molecule has 4 heteroatoms. The minimum Gasteiger partial charge on any atom is -0.369 e. The van der Waals surface area contributed by atoms with Crippen molar-refractivity contribution in [3.8, 4) is 0 Å². The number of anilines is 1. The fraction of sp³-hybridized carbons (Fsp3) is 0.462. The summed E-state index contributed by atoms with van der Waals surface area (Å²) in [5.41, 5.74) is 2.38. The van der Waals surface area contributed by atoms with Gasteiger partial charge in [-0.05, 0) is 25.2 Å². The van der Waals surface area contributed by atoms with Crippen LogP contribution in [0.15, 0.2) is 24.4 Å². The highest BCUT2D eigenvalue weighted by molar-refractivity contribution is 5.82. The minimum atomic E-state index is 1.09. The molecule has 0 N–H and O–H groups in total. The maximum atomic E-state index is 4.46. The van der Waals surface area contributed by atoms with Crippen LogP contribution in [0, 0.1) is 0 Å². The zero-order valence-electron chi connectivity index (χ0n) is 10.4. The van der Waals surface area contributed by atoms with Crippen LogP contribution in [0.1, 0.15) is 0 Å². The molecule has 2 aromatic rings. The lowest BCUT2D eigenvalue weighted by atomic mass is 10.2. The van der Waals surface area contributed by atoms with Crippen LogP contribution in [0.25, 0.3) is 10.9 Å². The molecule has 4 nitrogen and oxygen atoms in total. The van der Waals surface area contributed by atoms with E-state index in [1.54, 1.807) is 0 Å². The second kappa shape index (κ2) is 4.04. The predicted octanol–water partition coefficient (Wildman–Crippen LogP) is 1.33. The Balaban J connectivity index is 1.89. The van der Waals surface area contributed by atoms with Gasteiger partial charge in [-0.1, -0.05) is 0 Å². The van der Waals surface area contributed by atoms with E-state index in [0.29, 0.717) is 0 Å². The number of aryl methyl sites for hydroxylation is 1. The highest BCUT2D eigenvalue weighted by Crippen LogP contribution is 2.21. The summed E-state index contributed by atoms with van der Waals surface area (Å²) in [6.45, 7) is 4.49. The Kier molecular flexibility index (Phi) is 2.52. The summed E-state index contributed by atoms with van der Waals surface area (Å²) in [5.74, 6) is 0. The number of benzene rings is 1. The van der Waals surface area contributed by atoms with Gasteiger partial charge in [0.2, 0.25) is 0 Å². The molecule has 2 heterocycles. The Morgan fingerprint density at radius 1 is 1.06 bits per heavy atom. The molecule has 90 valence electrons. The molecule has 1 aliphatic heterocycles. The summed E-state index contributed by atoms with van der Waals surface area (Å²) >= 11 is 0. The predicted molar refractivity (Wildman–Crippen MR) is 70.4 cm³/mol.